The maximum atomic E-state index is 6.15. The molecular weight excluding hydrogens is 262 g/mol. The summed E-state index contributed by atoms with van der Waals surface area (Å²) in [5, 5.41) is 4.96. The van der Waals surface area contributed by atoms with Crippen molar-refractivity contribution in [3.63, 3.8) is 0 Å². The highest BCUT2D eigenvalue weighted by Gasteiger charge is 2.07. The number of halogens is 1. The Morgan fingerprint density at radius 3 is 2.79 bits per heavy atom. The van der Waals surface area contributed by atoms with Crippen LogP contribution in [0.25, 0.3) is 0 Å². The van der Waals surface area contributed by atoms with Crippen LogP contribution in [0.1, 0.15) is 23.9 Å². The monoisotopic (exact) mass is 279 g/mol. The van der Waals surface area contributed by atoms with Crippen molar-refractivity contribution < 1.29 is 4.74 Å². The first-order valence-corrected chi connectivity index (χ1v) is 6.66. The zero-order valence-corrected chi connectivity index (χ0v) is 11.9. The average Bonchev–Trinajstić information content (AvgIpc) is 2.77. The molecule has 2 aromatic rings. The molecule has 0 atom stereocenters. The van der Waals surface area contributed by atoms with Crippen LogP contribution >= 0.6 is 11.6 Å². The molecular formula is C14H18ClN3O. The number of nitrogens with two attached hydrogens (primary N) is 1. The van der Waals surface area contributed by atoms with Crippen molar-refractivity contribution in [2.75, 3.05) is 0 Å². The van der Waals surface area contributed by atoms with Gasteiger partial charge in [-0.1, -0.05) is 17.7 Å². The molecule has 4 nitrogen and oxygen atoms in total. The highest BCUT2D eigenvalue weighted by atomic mass is 35.5. The lowest BCUT2D eigenvalue weighted by molar-refractivity contribution is 0.292. The number of aryl methyl sites for hydroxylation is 2. The standard InChI is InChI=1S/C14H18ClN3O/c1-3-18-12(6-10(2)17-18)9-19-14-5-4-11(8-16)7-13(14)15/h4-7H,3,8-9,16H2,1-2H3. The van der Waals surface area contributed by atoms with E-state index in [4.69, 9.17) is 22.1 Å². The fourth-order valence-electron chi connectivity index (χ4n) is 1.93. The predicted molar refractivity (Wildman–Crippen MR) is 76.3 cm³/mol. The Kier molecular flexibility index (Phi) is 4.45. The summed E-state index contributed by atoms with van der Waals surface area (Å²) in [6.45, 7) is 5.78. The van der Waals surface area contributed by atoms with Crippen LogP contribution in [0.2, 0.25) is 5.02 Å². The molecule has 0 radical (unpaired) electrons. The van der Waals surface area contributed by atoms with E-state index < -0.39 is 0 Å². The number of nitrogens with zero attached hydrogens (tertiary/aromatic N) is 2. The third kappa shape index (κ3) is 3.28. The highest BCUT2D eigenvalue weighted by molar-refractivity contribution is 6.32. The van der Waals surface area contributed by atoms with E-state index >= 15 is 0 Å². The molecule has 0 aliphatic carbocycles. The fraction of sp³-hybridized carbons (Fsp3) is 0.357. The molecule has 0 unspecified atom stereocenters. The van der Waals surface area contributed by atoms with Crippen LogP contribution in [0.4, 0.5) is 0 Å². The van der Waals surface area contributed by atoms with Crippen LogP contribution in [0.5, 0.6) is 5.75 Å². The SMILES string of the molecule is CCn1nc(C)cc1COc1ccc(CN)cc1Cl. The lowest BCUT2D eigenvalue weighted by atomic mass is 10.2. The first-order chi connectivity index (χ1) is 9.13. The van der Waals surface area contributed by atoms with Gasteiger partial charge in [-0.2, -0.15) is 5.10 Å². The van der Waals surface area contributed by atoms with Crippen molar-refractivity contribution in [1.82, 2.24) is 9.78 Å². The Morgan fingerprint density at radius 2 is 2.16 bits per heavy atom. The molecule has 0 aliphatic heterocycles. The van der Waals surface area contributed by atoms with Gasteiger partial charge in [-0.15, -0.1) is 0 Å². The van der Waals surface area contributed by atoms with E-state index in [-0.39, 0.29) is 0 Å². The molecule has 1 aromatic heterocycles. The summed E-state index contributed by atoms with van der Waals surface area (Å²) in [6, 6.07) is 7.62. The van der Waals surface area contributed by atoms with E-state index in [1.165, 1.54) is 0 Å². The molecule has 19 heavy (non-hydrogen) atoms. The molecule has 0 amide bonds. The fourth-order valence-corrected chi connectivity index (χ4v) is 2.19. The van der Waals surface area contributed by atoms with Crippen LogP contribution in [0, 0.1) is 6.92 Å². The molecule has 0 bridgehead atoms. The van der Waals surface area contributed by atoms with E-state index in [2.05, 4.69) is 12.0 Å². The van der Waals surface area contributed by atoms with Crippen LogP contribution in [-0.2, 0) is 19.7 Å². The lowest BCUT2D eigenvalue weighted by Gasteiger charge is -2.10. The molecule has 0 aliphatic rings. The Balaban J connectivity index is 2.09. The molecule has 1 aromatic carbocycles. The van der Waals surface area contributed by atoms with Gasteiger partial charge in [-0.25, -0.2) is 0 Å². The summed E-state index contributed by atoms with van der Waals surface area (Å²) in [5.74, 6) is 0.667. The Bertz CT molecular complexity index is 566. The minimum atomic E-state index is 0.455. The third-order valence-electron chi connectivity index (χ3n) is 2.89. The van der Waals surface area contributed by atoms with Gasteiger partial charge >= 0.3 is 0 Å². The van der Waals surface area contributed by atoms with Crippen LogP contribution < -0.4 is 10.5 Å². The average molecular weight is 280 g/mol. The third-order valence-corrected chi connectivity index (χ3v) is 3.19. The summed E-state index contributed by atoms with van der Waals surface area (Å²) in [7, 11) is 0. The second-order valence-corrected chi connectivity index (χ2v) is 4.76. The molecule has 2 N–H and O–H groups in total. The molecule has 1 heterocycles. The van der Waals surface area contributed by atoms with Gasteiger partial charge in [0.25, 0.3) is 0 Å². The van der Waals surface area contributed by atoms with Gasteiger partial charge < -0.3 is 10.5 Å². The Hall–Kier alpha value is -1.52. The zero-order chi connectivity index (χ0) is 13.8. The quantitative estimate of drug-likeness (QED) is 0.916. The van der Waals surface area contributed by atoms with E-state index in [1.54, 1.807) is 0 Å². The van der Waals surface area contributed by atoms with Gasteiger partial charge in [0.15, 0.2) is 0 Å². The van der Waals surface area contributed by atoms with Gasteiger partial charge in [0, 0.05) is 13.1 Å². The summed E-state index contributed by atoms with van der Waals surface area (Å²) in [4.78, 5) is 0. The van der Waals surface area contributed by atoms with E-state index in [1.807, 2.05) is 35.9 Å². The Labute approximate surface area is 118 Å². The molecule has 0 saturated carbocycles. The van der Waals surface area contributed by atoms with E-state index in [9.17, 15) is 0 Å². The summed E-state index contributed by atoms with van der Waals surface area (Å²) in [5.41, 5.74) is 8.59. The normalized spacial score (nSPS) is 10.7. The molecule has 0 spiro atoms. The minimum absolute atomic E-state index is 0.455. The minimum Gasteiger partial charge on any atom is -0.486 e. The predicted octanol–water partition coefficient (Wildman–Crippen LogP) is 2.90. The maximum Gasteiger partial charge on any atom is 0.138 e. The van der Waals surface area contributed by atoms with Gasteiger partial charge in [0.05, 0.1) is 16.4 Å². The van der Waals surface area contributed by atoms with Gasteiger partial charge in [0.2, 0.25) is 0 Å². The maximum absolute atomic E-state index is 6.15. The van der Waals surface area contributed by atoms with Crippen molar-refractivity contribution in [2.24, 2.45) is 5.73 Å². The van der Waals surface area contributed by atoms with Crippen LogP contribution in [-0.4, -0.2) is 9.78 Å². The van der Waals surface area contributed by atoms with Gasteiger partial charge in [0.1, 0.15) is 12.4 Å². The Morgan fingerprint density at radius 1 is 1.37 bits per heavy atom. The largest absolute Gasteiger partial charge is 0.486 e. The topological polar surface area (TPSA) is 53.1 Å². The lowest BCUT2D eigenvalue weighted by Crippen LogP contribution is -2.06. The number of rotatable bonds is 5. The van der Waals surface area contributed by atoms with Crippen molar-refractivity contribution in [3.8, 4) is 5.75 Å². The second-order valence-electron chi connectivity index (χ2n) is 4.35. The van der Waals surface area contributed by atoms with Gasteiger partial charge in [-0.3, -0.25) is 4.68 Å². The first-order valence-electron chi connectivity index (χ1n) is 6.28. The zero-order valence-electron chi connectivity index (χ0n) is 11.2. The summed E-state index contributed by atoms with van der Waals surface area (Å²) < 4.78 is 7.67. The summed E-state index contributed by atoms with van der Waals surface area (Å²) >= 11 is 6.15. The highest BCUT2D eigenvalue weighted by Crippen LogP contribution is 2.26. The number of ether oxygens (including phenoxy) is 1. The second kappa shape index (κ2) is 6.08. The van der Waals surface area contributed by atoms with E-state index in [0.717, 1.165) is 23.5 Å². The van der Waals surface area contributed by atoms with E-state index in [0.29, 0.717) is 23.9 Å². The number of benzene rings is 1. The molecule has 0 fully saturated rings. The number of aromatic nitrogens is 2. The molecule has 2 rings (SSSR count). The molecule has 102 valence electrons. The number of hydrogen-bond donors (Lipinski definition) is 1. The number of hydrogen-bond acceptors (Lipinski definition) is 3. The first kappa shape index (κ1) is 13.9. The molecule has 0 saturated heterocycles. The van der Waals surface area contributed by atoms with Crippen LogP contribution in [0.15, 0.2) is 24.3 Å². The van der Waals surface area contributed by atoms with Crippen molar-refractivity contribution in [1.29, 1.82) is 0 Å². The van der Waals surface area contributed by atoms with Gasteiger partial charge in [-0.05, 0) is 37.6 Å². The summed E-state index contributed by atoms with van der Waals surface area (Å²) in [6.07, 6.45) is 0. The van der Waals surface area contributed by atoms with Crippen molar-refractivity contribution >= 4 is 11.6 Å². The molecule has 5 heteroatoms. The smallest absolute Gasteiger partial charge is 0.138 e. The van der Waals surface area contributed by atoms with Crippen molar-refractivity contribution in [2.45, 2.75) is 33.5 Å². The van der Waals surface area contributed by atoms with Crippen LogP contribution in [0.3, 0.4) is 0 Å². The van der Waals surface area contributed by atoms with Crippen molar-refractivity contribution in [3.05, 3.63) is 46.2 Å².